The van der Waals surface area contributed by atoms with E-state index in [1.54, 1.807) is 36.3 Å². The first-order valence-electron chi connectivity index (χ1n) is 8.77. The van der Waals surface area contributed by atoms with Gasteiger partial charge in [0.2, 0.25) is 5.91 Å². The van der Waals surface area contributed by atoms with Crippen molar-refractivity contribution in [3.63, 3.8) is 0 Å². The highest BCUT2D eigenvalue weighted by Crippen LogP contribution is 2.34. The van der Waals surface area contributed by atoms with Crippen molar-refractivity contribution in [1.82, 2.24) is 0 Å². The maximum atomic E-state index is 12.6. The summed E-state index contributed by atoms with van der Waals surface area (Å²) in [7, 11) is -2.31. The molecule has 2 aromatic rings. The van der Waals surface area contributed by atoms with Crippen molar-refractivity contribution in [3.05, 3.63) is 53.6 Å². The molecule has 0 radical (unpaired) electrons. The van der Waals surface area contributed by atoms with E-state index in [0.717, 1.165) is 23.2 Å². The Balaban J connectivity index is 1.80. The maximum absolute atomic E-state index is 12.6. The molecule has 0 aromatic heterocycles. The first kappa shape index (κ1) is 19.4. The van der Waals surface area contributed by atoms with Crippen molar-refractivity contribution in [2.24, 2.45) is 0 Å². The van der Waals surface area contributed by atoms with Crippen LogP contribution < -0.4 is 9.08 Å². The molecule has 0 bridgehead atoms. The second-order valence-corrected chi connectivity index (χ2v) is 8.20. The number of fused-ring (bicyclic) bond motifs is 1. The van der Waals surface area contributed by atoms with Gasteiger partial charge >= 0.3 is 10.1 Å². The Morgan fingerprint density at radius 2 is 1.89 bits per heavy atom. The van der Waals surface area contributed by atoms with Gasteiger partial charge in [-0.25, -0.2) is 0 Å². The number of rotatable bonds is 6. The molecule has 0 N–H and O–H groups in total. The monoisotopic (exact) mass is 389 g/mol. The van der Waals surface area contributed by atoms with Gasteiger partial charge in [-0.05, 0) is 61.2 Å². The Kier molecular flexibility index (Phi) is 5.53. The standard InChI is InChI=1S/C20H23NO5S/c1-14-12-17-13-19(8-9-20(17)21(14)15(2)22)27(23,24)26-18-6-4-16(5-7-18)10-11-25-3/h4-9,13-14H,10-12H2,1-3H3/t14-/m0/s1. The van der Waals surface area contributed by atoms with Crippen LogP contribution in [-0.4, -0.2) is 34.1 Å². The fourth-order valence-electron chi connectivity index (χ4n) is 3.35. The summed E-state index contributed by atoms with van der Waals surface area (Å²) in [5.41, 5.74) is 2.63. The van der Waals surface area contributed by atoms with Gasteiger partial charge in [0.1, 0.15) is 10.6 Å². The minimum absolute atomic E-state index is 0.0102. The van der Waals surface area contributed by atoms with E-state index in [1.165, 1.54) is 13.0 Å². The molecule has 0 fully saturated rings. The molecule has 0 unspecified atom stereocenters. The van der Waals surface area contributed by atoms with Crippen LogP contribution >= 0.6 is 0 Å². The van der Waals surface area contributed by atoms with Crippen LogP contribution in [0.2, 0.25) is 0 Å². The summed E-state index contributed by atoms with van der Waals surface area (Å²) in [5, 5.41) is 0. The number of methoxy groups -OCH3 is 1. The van der Waals surface area contributed by atoms with Gasteiger partial charge < -0.3 is 13.8 Å². The quantitative estimate of drug-likeness (QED) is 0.710. The van der Waals surface area contributed by atoms with Crippen molar-refractivity contribution in [2.45, 2.75) is 37.6 Å². The zero-order valence-corrected chi connectivity index (χ0v) is 16.5. The third kappa shape index (κ3) is 4.14. The summed E-state index contributed by atoms with van der Waals surface area (Å²) >= 11 is 0. The molecule has 3 rings (SSSR count). The zero-order valence-electron chi connectivity index (χ0n) is 15.6. The molecule has 1 aliphatic heterocycles. The van der Waals surface area contributed by atoms with Crippen molar-refractivity contribution in [2.75, 3.05) is 18.6 Å². The summed E-state index contributed by atoms with van der Waals surface area (Å²) in [5.74, 6) is 0.206. The highest BCUT2D eigenvalue weighted by atomic mass is 32.2. The van der Waals surface area contributed by atoms with Crippen LogP contribution in [0, 0.1) is 0 Å². The van der Waals surface area contributed by atoms with Crippen LogP contribution in [0.3, 0.4) is 0 Å². The smallest absolute Gasteiger partial charge is 0.339 e. The molecule has 0 saturated carbocycles. The fourth-order valence-corrected chi connectivity index (χ4v) is 4.33. The average molecular weight is 389 g/mol. The van der Waals surface area contributed by atoms with Crippen LogP contribution in [-0.2, 0) is 32.5 Å². The van der Waals surface area contributed by atoms with E-state index in [2.05, 4.69) is 0 Å². The van der Waals surface area contributed by atoms with Gasteiger partial charge in [-0.3, -0.25) is 4.79 Å². The number of nitrogens with zero attached hydrogens (tertiary/aromatic N) is 1. The fraction of sp³-hybridized carbons (Fsp3) is 0.350. The van der Waals surface area contributed by atoms with Gasteiger partial charge in [-0.15, -0.1) is 0 Å². The molecule has 0 spiro atoms. The summed E-state index contributed by atoms with van der Waals surface area (Å²) in [6.45, 7) is 4.05. The van der Waals surface area contributed by atoms with E-state index in [-0.39, 0.29) is 22.6 Å². The van der Waals surface area contributed by atoms with E-state index < -0.39 is 10.1 Å². The summed E-state index contributed by atoms with van der Waals surface area (Å²) in [6, 6.07) is 11.7. The molecule has 6 nitrogen and oxygen atoms in total. The molecule has 7 heteroatoms. The van der Waals surface area contributed by atoms with Crippen molar-refractivity contribution >= 4 is 21.7 Å². The number of ether oxygens (including phenoxy) is 1. The topological polar surface area (TPSA) is 72.9 Å². The number of carbonyl (C=O) groups is 1. The number of hydrogen-bond donors (Lipinski definition) is 0. The van der Waals surface area contributed by atoms with Crippen LogP contribution in [0.1, 0.15) is 25.0 Å². The third-order valence-electron chi connectivity index (χ3n) is 4.62. The summed E-state index contributed by atoms with van der Waals surface area (Å²) < 4.78 is 35.6. The molecule has 1 atom stereocenters. The summed E-state index contributed by atoms with van der Waals surface area (Å²) in [6.07, 6.45) is 1.37. The van der Waals surface area contributed by atoms with Gasteiger partial charge in [0.25, 0.3) is 0 Å². The molecule has 1 amide bonds. The first-order chi connectivity index (χ1) is 12.8. The number of benzene rings is 2. The summed E-state index contributed by atoms with van der Waals surface area (Å²) in [4.78, 5) is 13.6. The van der Waals surface area contributed by atoms with Crippen LogP contribution in [0.5, 0.6) is 5.75 Å². The predicted octanol–water partition coefficient (Wildman–Crippen LogP) is 2.94. The Morgan fingerprint density at radius 3 is 2.52 bits per heavy atom. The molecule has 0 aliphatic carbocycles. The van der Waals surface area contributed by atoms with Crippen molar-refractivity contribution in [1.29, 1.82) is 0 Å². The number of hydrogen-bond acceptors (Lipinski definition) is 5. The minimum atomic E-state index is -3.95. The Morgan fingerprint density at radius 1 is 1.19 bits per heavy atom. The molecular formula is C20H23NO5S. The molecular weight excluding hydrogens is 366 g/mol. The van der Waals surface area contributed by atoms with Crippen molar-refractivity contribution < 1.29 is 22.1 Å². The van der Waals surface area contributed by atoms with E-state index in [0.29, 0.717) is 13.0 Å². The Labute approximate surface area is 159 Å². The van der Waals surface area contributed by atoms with Crippen molar-refractivity contribution in [3.8, 4) is 5.75 Å². The largest absolute Gasteiger partial charge is 0.384 e. The van der Waals surface area contributed by atoms with Crippen LogP contribution in [0.25, 0.3) is 0 Å². The lowest BCUT2D eigenvalue weighted by atomic mass is 10.1. The number of anilines is 1. The molecule has 144 valence electrons. The molecule has 0 saturated heterocycles. The third-order valence-corrected chi connectivity index (χ3v) is 5.86. The lowest BCUT2D eigenvalue weighted by Crippen LogP contribution is -2.33. The number of carbonyl (C=O) groups excluding carboxylic acids is 1. The van der Waals surface area contributed by atoms with E-state index in [1.807, 2.05) is 19.1 Å². The SMILES string of the molecule is COCCc1ccc(OS(=O)(=O)c2ccc3c(c2)C[C@H](C)N3C(C)=O)cc1. The lowest BCUT2D eigenvalue weighted by Gasteiger charge is -2.20. The van der Waals surface area contributed by atoms with Gasteiger partial charge in [-0.1, -0.05) is 12.1 Å². The normalized spacial score (nSPS) is 16.3. The highest BCUT2D eigenvalue weighted by molar-refractivity contribution is 7.87. The first-order valence-corrected chi connectivity index (χ1v) is 10.2. The van der Waals surface area contributed by atoms with Gasteiger partial charge in [0.05, 0.1) is 6.61 Å². The molecule has 1 heterocycles. The van der Waals surface area contributed by atoms with Crippen LogP contribution in [0.15, 0.2) is 47.4 Å². The highest BCUT2D eigenvalue weighted by Gasteiger charge is 2.30. The number of amides is 1. The van der Waals surface area contributed by atoms with Crippen LogP contribution in [0.4, 0.5) is 5.69 Å². The van der Waals surface area contributed by atoms with E-state index in [9.17, 15) is 13.2 Å². The Hall–Kier alpha value is -2.38. The molecule has 27 heavy (non-hydrogen) atoms. The van der Waals surface area contributed by atoms with E-state index >= 15 is 0 Å². The average Bonchev–Trinajstić information content (AvgIpc) is 2.96. The second-order valence-electron chi connectivity index (χ2n) is 6.66. The molecule has 1 aliphatic rings. The zero-order chi connectivity index (χ0) is 19.6. The van der Waals surface area contributed by atoms with E-state index in [4.69, 9.17) is 8.92 Å². The maximum Gasteiger partial charge on any atom is 0.339 e. The van der Waals surface area contributed by atoms with Gasteiger partial charge in [-0.2, -0.15) is 8.42 Å². The molecule has 2 aromatic carbocycles. The Bertz CT molecular complexity index is 937. The van der Waals surface area contributed by atoms with Gasteiger partial charge in [0.15, 0.2) is 0 Å². The minimum Gasteiger partial charge on any atom is -0.384 e. The lowest BCUT2D eigenvalue weighted by molar-refractivity contribution is -0.116. The second kappa shape index (κ2) is 7.70. The van der Waals surface area contributed by atoms with Gasteiger partial charge in [0, 0.05) is 25.8 Å². The predicted molar refractivity (Wildman–Crippen MR) is 103 cm³/mol.